The molecule has 0 bridgehead atoms. The quantitative estimate of drug-likeness (QED) is 0.814. The van der Waals surface area contributed by atoms with Gasteiger partial charge in [0.25, 0.3) is 0 Å². The van der Waals surface area contributed by atoms with Gasteiger partial charge < -0.3 is 10.1 Å². The molecule has 18 heavy (non-hydrogen) atoms. The van der Waals surface area contributed by atoms with Gasteiger partial charge in [-0.05, 0) is 50.4 Å². The number of fused-ring (bicyclic) bond motifs is 1. The summed E-state index contributed by atoms with van der Waals surface area (Å²) in [6.45, 7) is 6.38. The van der Waals surface area contributed by atoms with Gasteiger partial charge in [0.05, 0.1) is 6.61 Å². The Balaban J connectivity index is 1.84. The number of nitrogens with one attached hydrogen (secondary N) is 1. The predicted molar refractivity (Wildman–Crippen MR) is 79.8 cm³/mol. The Bertz CT molecular complexity index is 403. The van der Waals surface area contributed by atoms with E-state index in [-0.39, 0.29) is 5.54 Å². The summed E-state index contributed by atoms with van der Waals surface area (Å²) in [5, 5.41) is 4.66. The Morgan fingerprint density at radius 1 is 1.39 bits per heavy atom. The number of benzene rings is 1. The van der Waals surface area contributed by atoms with Crippen LogP contribution in [0.4, 0.5) is 0 Å². The summed E-state index contributed by atoms with van der Waals surface area (Å²) in [4.78, 5) is 0. The van der Waals surface area contributed by atoms with Gasteiger partial charge >= 0.3 is 0 Å². The molecule has 1 heterocycles. The second-order valence-corrected chi connectivity index (χ2v) is 6.33. The van der Waals surface area contributed by atoms with Gasteiger partial charge in [0.15, 0.2) is 0 Å². The predicted octanol–water partition coefficient (Wildman–Crippen LogP) is 3.32. The molecular formula is C15H22BrNO. The highest BCUT2D eigenvalue weighted by molar-refractivity contribution is 9.09. The van der Waals surface area contributed by atoms with Gasteiger partial charge in [-0.25, -0.2) is 0 Å². The Morgan fingerprint density at radius 2 is 2.22 bits per heavy atom. The zero-order valence-electron chi connectivity index (χ0n) is 11.3. The zero-order valence-corrected chi connectivity index (χ0v) is 12.8. The lowest BCUT2D eigenvalue weighted by Gasteiger charge is -2.25. The van der Waals surface area contributed by atoms with Gasteiger partial charge in [0.1, 0.15) is 5.75 Å². The number of ether oxygens (including phenoxy) is 1. The number of rotatable bonds is 6. The van der Waals surface area contributed by atoms with E-state index < -0.39 is 0 Å². The first kappa shape index (κ1) is 13.9. The van der Waals surface area contributed by atoms with Crippen molar-refractivity contribution in [3.8, 4) is 5.75 Å². The van der Waals surface area contributed by atoms with Gasteiger partial charge in [0.2, 0.25) is 0 Å². The van der Waals surface area contributed by atoms with E-state index in [0.29, 0.717) is 0 Å². The molecule has 2 nitrogen and oxygen atoms in total. The number of hydrogen-bond acceptors (Lipinski definition) is 2. The van der Waals surface area contributed by atoms with Crippen LogP contribution in [0.2, 0.25) is 0 Å². The van der Waals surface area contributed by atoms with E-state index in [1.165, 1.54) is 11.1 Å². The summed E-state index contributed by atoms with van der Waals surface area (Å²) in [5.41, 5.74) is 2.98. The molecule has 1 N–H and O–H groups in total. The van der Waals surface area contributed by atoms with Crippen LogP contribution in [-0.4, -0.2) is 24.0 Å². The first-order chi connectivity index (χ1) is 8.61. The van der Waals surface area contributed by atoms with E-state index in [0.717, 1.165) is 43.5 Å². The molecule has 0 aromatic heterocycles. The van der Waals surface area contributed by atoms with Crippen molar-refractivity contribution >= 4 is 15.9 Å². The molecule has 0 amide bonds. The van der Waals surface area contributed by atoms with Gasteiger partial charge in [0, 0.05) is 17.3 Å². The SMILES string of the molecule is CC(C)(CCBr)NCCc1ccc2c(c1)CCO2. The van der Waals surface area contributed by atoms with Crippen LogP contribution in [0.25, 0.3) is 0 Å². The smallest absolute Gasteiger partial charge is 0.122 e. The van der Waals surface area contributed by atoms with Gasteiger partial charge in [-0.1, -0.05) is 28.1 Å². The minimum Gasteiger partial charge on any atom is -0.493 e. The molecule has 100 valence electrons. The fourth-order valence-electron chi connectivity index (χ4n) is 2.27. The maximum absolute atomic E-state index is 5.52. The monoisotopic (exact) mass is 311 g/mol. The summed E-state index contributed by atoms with van der Waals surface area (Å²) in [7, 11) is 0. The molecule has 0 fully saturated rings. The summed E-state index contributed by atoms with van der Waals surface area (Å²) >= 11 is 3.50. The third kappa shape index (κ3) is 3.72. The Kier molecular flexibility index (Phi) is 4.68. The summed E-state index contributed by atoms with van der Waals surface area (Å²) in [6, 6.07) is 6.59. The minimum atomic E-state index is 0.212. The van der Waals surface area contributed by atoms with Crippen molar-refractivity contribution in [1.82, 2.24) is 5.32 Å². The number of halogens is 1. The van der Waals surface area contributed by atoms with Crippen molar-refractivity contribution in [3.05, 3.63) is 29.3 Å². The second kappa shape index (κ2) is 6.07. The van der Waals surface area contributed by atoms with Crippen molar-refractivity contribution in [3.63, 3.8) is 0 Å². The molecule has 0 atom stereocenters. The van der Waals surface area contributed by atoms with E-state index >= 15 is 0 Å². The Hall–Kier alpha value is -0.540. The second-order valence-electron chi connectivity index (χ2n) is 5.54. The normalized spacial score (nSPS) is 14.4. The first-order valence-electron chi connectivity index (χ1n) is 6.66. The average Bonchev–Trinajstić information content (AvgIpc) is 2.75. The molecular weight excluding hydrogens is 290 g/mol. The number of alkyl halides is 1. The van der Waals surface area contributed by atoms with Gasteiger partial charge in [-0.2, -0.15) is 0 Å². The molecule has 1 aliphatic rings. The van der Waals surface area contributed by atoms with Crippen LogP contribution in [0, 0.1) is 0 Å². The van der Waals surface area contributed by atoms with Crippen molar-refractivity contribution in [2.45, 2.75) is 38.6 Å². The van der Waals surface area contributed by atoms with Crippen molar-refractivity contribution in [1.29, 1.82) is 0 Å². The van der Waals surface area contributed by atoms with E-state index in [4.69, 9.17) is 4.74 Å². The van der Waals surface area contributed by atoms with Crippen LogP contribution >= 0.6 is 15.9 Å². The van der Waals surface area contributed by atoms with Crippen molar-refractivity contribution in [2.75, 3.05) is 18.5 Å². The molecule has 0 aliphatic carbocycles. The number of hydrogen-bond donors (Lipinski definition) is 1. The molecule has 0 saturated heterocycles. The fourth-order valence-corrected chi connectivity index (χ4v) is 3.26. The molecule has 1 aliphatic heterocycles. The van der Waals surface area contributed by atoms with Crippen LogP contribution in [0.5, 0.6) is 5.75 Å². The lowest BCUT2D eigenvalue weighted by molar-refractivity contribution is 0.356. The molecule has 0 radical (unpaired) electrons. The summed E-state index contributed by atoms with van der Waals surface area (Å²) < 4.78 is 5.52. The van der Waals surface area contributed by atoms with Crippen LogP contribution in [-0.2, 0) is 12.8 Å². The average molecular weight is 312 g/mol. The first-order valence-corrected chi connectivity index (χ1v) is 7.78. The summed E-state index contributed by atoms with van der Waals surface area (Å²) in [5.74, 6) is 1.08. The van der Waals surface area contributed by atoms with Crippen LogP contribution < -0.4 is 10.1 Å². The molecule has 0 spiro atoms. The third-order valence-corrected chi connectivity index (χ3v) is 3.89. The lowest BCUT2D eigenvalue weighted by atomic mass is 10.0. The molecule has 0 saturated carbocycles. The van der Waals surface area contributed by atoms with Gasteiger partial charge in [-0.15, -0.1) is 0 Å². The standard InChI is InChI=1S/C15H22BrNO/c1-15(2,7-8-16)17-9-5-12-3-4-14-13(11-12)6-10-18-14/h3-4,11,17H,5-10H2,1-2H3. The highest BCUT2D eigenvalue weighted by Gasteiger charge is 2.16. The molecule has 1 aromatic carbocycles. The Labute approximate surface area is 118 Å². The van der Waals surface area contributed by atoms with Crippen LogP contribution in [0.1, 0.15) is 31.4 Å². The van der Waals surface area contributed by atoms with Crippen molar-refractivity contribution in [2.24, 2.45) is 0 Å². The molecule has 1 aromatic rings. The molecule has 2 rings (SSSR count). The highest BCUT2D eigenvalue weighted by atomic mass is 79.9. The van der Waals surface area contributed by atoms with E-state index in [1.54, 1.807) is 0 Å². The molecule has 0 unspecified atom stereocenters. The Morgan fingerprint density at radius 3 is 3.00 bits per heavy atom. The molecule has 3 heteroatoms. The van der Waals surface area contributed by atoms with Crippen molar-refractivity contribution < 1.29 is 4.74 Å². The maximum Gasteiger partial charge on any atom is 0.122 e. The van der Waals surface area contributed by atoms with E-state index in [2.05, 4.69) is 53.3 Å². The third-order valence-electron chi connectivity index (χ3n) is 3.49. The van der Waals surface area contributed by atoms with Gasteiger partial charge in [-0.3, -0.25) is 0 Å². The van der Waals surface area contributed by atoms with Crippen LogP contribution in [0.15, 0.2) is 18.2 Å². The van der Waals surface area contributed by atoms with Crippen LogP contribution in [0.3, 0.4) is 0 Å². The van der Waals surface area contributed by atoms with E-state index in [1.807, 2.05) is 0 Å². The highest BCUT2D eigenvalue weighted by Crippen LogP contribution is 2.25. The fraction of sp³-hybridized carbons (Fsp3) is 0.600. The van der Waals surface area contributed by atoms with E-state index in [9.17, 15) is 0 Å². The maximum atomic E-state index is 5.52. The minimum absolute atomic E-state index is 0.212. The topological polar surface area (TPSA) is 21.3 Å². The lowest BCUT2D eigenvalue weighted by Crippen LogP contribution is -2.40. The zero-order chi connectivity index (χ0) is 13.0. The largest absolute Gasteiger partial charge is 0.493 e. The summed E-state index contributed by atoms with van der Waals surface area (Å²) in [6.07, 6.45) is 3.29.